The number of hydrazone groups is 1. The van der Waals surface area contributed by atoms with Gasteiger partial charge in [0.25, 0.3) is 5.56 Å². The number of nitrogens with zero attached hydrogens (tertiary/aromatic N) is 4. The lowest BCUT2D eigenvalue weighted by molar-refractivity contribution is -0.000105. The number of aromatic nitrogens is 4. The molecule has 2 heterocycles. The van der Waals surface area contributed by atoms with Gasteiger partial charge in [0.2, 0.25) is 5.95 Å². The van der Waals surface area contributed by atoms with Crippen molar-refractivity contribution >= 4 is 23.3 Å². The first-order valence-corrected chi connectivity index (χ1v) is 9.34. The van der Waals surface area contributed by atoms with E-state index in [1.165, 1.54) is 28.5 Å². The molecule has 0 saturated carbocycles. The Kier molecular flexibility index (Phi) is 6.33. The second-order valence-electron chi connectivity index (χ2n) is 7.00. The normalized spacial score (nSPS) is 12.8. The molecule has 160 valence electrons. The molecule has 0 aliphatic carbocycles. The molecule has 3 rings (SSSR count). The largest absolute Gasteiger partial charge is 0.507 e. The predicted molar refractivity (Wildman–Crippen MR) is 112 cm³/mol. The third kappa shape index (κ3) is 4.58. The molecular formula is C19H24N6O5. The minimum Gasteiger partial charge on any atom is -0.507 e. The number of aromatic hydroxyl groups is 1. The van der Waals surface area contributed by atoms with E-state index in [0.29, 0.717) is 5.56 Å². The number of rotatable bonds is 8. The molecule has 11 nitrogen and oxygen atoms in total. The fourth-order valence-electron chi connectivity index (χ4n) is 2.82. The molecule has 0 aliphatic rings. The number of hydrogen-bond donors (Lipinski definition) is 4. The maximum Gasteiger partial charge on any atom is 0.329 e. The van der Waals surface area contributed by atoms with E-state index in [-0.39, 0.29) is 42.1 Å². The number of ether oxygens (including phenoxy) is 1. The number of H-pyrrole nitrogens is 1. The summed E-state index contributed by atoms with van der Waals surface area (Å²) >= 11 is 0. The fraction of sp³-hybridized carbons (Fsp3) is 0.368. The van der Waals surface area contributed by atoms with Crippen molar-refractivity contribution < 1.29 is 14.9 Å². The highest BCUT2D eigenvalue weighted by Gasteiger charge is 2.19. The molecule has 1 atom stereocenters. The summed E-state index contributed by atoms with van der Waals surface area (Å²) < 4.78 is 8.06. The quantitative estimate of drug-likeness (QED) is 0.306. The first-order chi connectivity index (χ1) is 14.3. The Morgan fingerprint density at radius 2 is 2.07 bits per heavy atom. The Morgan fingerprint density at radius 1 is 1.33 bits per heavy atom. The molecule has 0 bridgehead atoms. The van der Waals surface area contributed by atoms with Gasteiger partial charge in [0.05, 0.1) is 31.6 Å². The Labute approximate surface area is 171 Å². The highest BCUT2D eigenvalue weighted by molar-refractivity contribution is 5.83. The second kappa shape index (κ2) is 8.93. The van der Waals surface area contributed by atoms with E-state index >= 15 is 0 Å². The molecule has 2 aromatic heterocycles. The number of phenolic OH excluding ortho intramolecular Hbond substituents is 1. The predicted octanol–water partition coefficient (Wildman–Crippen LogP) is 0.361. The smallest absolute Gasteiger partial charge is 0.329 e. The first-order valence-electron chi connectivity index (χ1n) is 9.34. The number of imidazole rings is 1. The molecule has 0 fully saturated rings. The van der Waals surface area contributed by atoms with Crippen LogP contribution in [0.3, 0.4) is 0 Å². The SMILES string of the molecule is CC(C)OC[C@H](O)Cn1c(N/N=C/c2ccccc2O)nc2c1c(=O)[nH]c(=O)n2C. The lowest BCUT2D eigenvalue weighted by Crippen LogP contribution is -2.30. The van der Waals surface area contributed by atoms with Gasteiger partial charge in [-0.2, -0.15) is 10.1 Å². The third-order valence-electron chi connectivity index (χ3n) is 4.33. The summed E-state index contributed by atoms with van der Waals surface area (Å²) in [4.78, 5) is 30.9. The zero-order valence-electron chi connectivity index (χ0n) is 16.9. The molecule has 1 aromatic carbocycles. The lowest BCUT2D eigenvalue weighted by atomic mass is 10.2. The van der Waals surface area contributed by atoms with Gasteiger partial charge in [-0.05, 0) is 26.0 Å². The van der Waals surface area contributed by atoms with Crippen LogP contribution in [-0.4, -0.2) is 54.3 Å². The van der Waals surface area contributed by atoms with Crippen molar-refractivity contribution in [2.75, 3.05) is 12.0 Å². The molecule has 0 saturated heterocycles. The molecular weight excluding hydrogens is 392 g/mol. The topological polar surface area (TPSA) is 147 Å². The average Bonchev–Trinajstić information content (AvgIpc) is 3.05. The number of fused-ring (bicyclic) bond motifs is 1. The van der Waals surface area contributed by atoms with E-state index in [0.717, 1.165) is 0 Å². The van der Waals surface area contributed by atoms with E-state index in [1.807, 2.05) is 13.8 Å². The van der Waals surface area contributed by atoms with Crippen LogP contribution in [0.4, 0.5) is 5.95 Å². The first kappa shape index (κ1) is 21.3. The minimum atomic E-state index is -0.927. The molecule has 11 heteroatoms. The highest BCUT2D eigenvalue weighted by atomic mass is 16.5. The van der Waals surface area contributed by atoms with Gasteiger partial charge in [0, 0.05) is 12.6 Å². The molecule has 3 aromatic rings. The number of aliphatic hydroxyl groups is 1. The van der Waals surface area contributed by atoms with Crippen LogP contribution in [0.25, 0.3) is 11.2 Å². The summed E-state index contributed by atoms with van der Waals surface area (Å²) in [6, 6.07) is 6.63. The number of phenols is 1. The summed E-state index contributed by atoms with van der Waals surface area (Å²) in [6.07, 6.45) is 0.397. The van der Waals surface area contributed by atoms with Crippen LogP contribution >= 0.6 is 0 Å². The van der Waals surface area contributed by atoms with E-state index in [2.05, 4.69) is 20.5 Å². The van der Waals surface area contributed by atoms with Gasteiger partial charge in [-0.1, -0.05) is 12.1 Å². The van der Waals surface area contributed by atoms with Crippen LogP contribution in [0.1, 0.15) is 19.4 Å². The zero-order chi connectivity index (χ0) is 21.8. The molecule has 0 spiro atoms. The van der Waals surface area contributed by atoms with Gasteiger partial charge < -0.3 is 19.5 Å². The summed E-state index contributed by atoms with van der Waals surface area (Å²) in [5, 5.41) is 24.2. The van der Waals surface area contributed by atoms with Crippen LogP contribution < -0.4 is 16.7 Å². The van der Waals surface area contributed by atoms with Crippen molar-refractivity contribution in [2.24, 2.45) is 12.1 Å². The Balaban J connectivity index is 1.98. The number of hydrogen-bond acceptors (Lipinski definition) is 8. The van der Waals surface area contributed by atoms with Crippen molar-refractivity contribution in [3.05, 3.63) is 50.7 Å². The number of anilines is 1. The highest BCUT2D eigenvalue weighted by Crippen LogP contribution is 2.17. The maximum atomic E-state index is 12.4. The van der Waals surface area contributed by atoms with Gasteiger partial charge >= 0.3 is 5.69 Å². The third-order valence-corrected chi connectivity index (χ3v) is 4.33. The summed E-state index contributed by atoms with van der Waals surface area (Å²) in [7, 11) is 1.48. The standard InChI is InChI=1S/C19H24N6O5/c1-11(2)30-10-13(26)9-25-15-16(24(3)19(29)22-17(15)28)21-18(25)23-20-8-12-6-4-5-7-14(12)27/h4-8,11,13,26-27H,9-10H2,1-3H3,(H,21,23)(H,22,28,29)/b20-8+/t13-/m1/s1. The van der Waals surface area contributed by atoms with Crippen LogP contribution in [0.5, 0.6) is 5.75 Å². The van der Waals surface area contributed by atoms with Gasteiger partial charge in [-0.25, -0.2) is 10.2 Å². The maximum absolute atomic E-state index is 12.4. The van der Waals surface area contributed by atoms with Crippen molar-refractivity contribution in [1.29, 1.82) is 0 Å². The Hall–Kier alpha value is -3.44. The number of aryl methyl sites for hydroxylation is 1. The number of aromatic amines is 1. The molecule has 4 N–H and O–H groups in total. The fourth-order valence-corrected chi connectivity index (χ4v) is 2.82. The monoisotopic (exact) mass is 416 g/mol. The Bertz CT molecular complexity index is 1180. The van der Waals surface area contributed by atoms with Crippen LogP contribution in [0.2, 0.25) is 0 Å². The molecule has 0 amide bonds. The Morgan fingerprint density at radius 3 is 2.77 bits per heavy atom. The van der Waals surface area contributed by atoms with Gasteiger partial charge in [-0.15, -0.1) is 0 Å². The van der Waals surface area contributed by atoms with Crippen molar-refractivity contribution in [3.63, 3.8) is 0 Å². The molecule has 0 aliphatic heterocycles. The summed E-state index contributed by atoms with van der Waals surface area (Å²) in [6.45, 7) is 3.74. The number of aliphatic hydroxyl groups excluding tert-OH is 1. The summed E-state index contributed by atoms with van der Waals surface area (Å²) in [5.74, 6) is 0.198. The number of para-hydroxylation sites is 1. The molecule has 0 unspecified atom stereocenters. The van der Waals surface area contributed by atoms with Crippen LogP contribution in [0.15, 0.2) is 39.0 Å². The molecule has 30 heavy (non-hydrogen) atoms. The zero-order valence-corrected chi connectivity index (χ0v) is 16.9. The number of nitrogens with one attached hydrogen (secondary N) is 2. The van der Waals surface area contributed by atoms with Gasteiger partial charge in [-0.3, -0.25) is 14.3 Å². The minimum absolute atomic E-state index is 0.0149. The van der Waals surface area contributed by atoms with E-state index in [9.17, 15) is 19.8 Å². The van der Waals surface area contributed by atoms with Crippen LogP contribution in [-0.2, 0) is 18.3 Å². The van der Waals surface area contributed by atoms with Crippen LogP contribution in [0, 0.1) is 0 Å². The van der Waals surface area contributed by atoms with Crippen molar-refractivity contribution in [1.82, 2.24) is 19.1 Å². The second-order valence-corrected chi connectivity index (χ2v) is 7.00. The van der Waals surface area contributed by atoms with E-state index in [1.54, 1.807) is 18.2 Å². The lowest BCUT2D eigenvalue weighted by Gasteiger charge is -2.15. The van der Waals surface area contributed by atoms with Crippen molar-refractivity contribution in [2.45, 2.75) is 32.6 Å². The molecule has 0 radical (unpaired) electrons. The summed E-state index contributed by atoms with van der Waals surface area (Å²) in [5.41, 5.74) is 2.20. The van der Waals surface area contributed by atoms with Gasteiger partial charge in [0.1, 0.15) is 5.75 Å². The van der Waals surface area contributed by atoms with Gasteiger partial charge in [0.15, 0.2) is 11.2 Å². The average molecular weight is 416 g/mol. The number of benzene rings is 1. The van der Waals surface area contributed by atoms with Crippen molar-refractivity contribution in [3.8, 4) is 5.75 Å². The van der Waals surface area contributed by atoms with E-state index < -0.39 is 17.4 Å². The van der Waals surface area contributed by atoms with E-state index in [4.69, 9.17) is 4.74 Å².